The van der Waals surface area contributed by atoms with Crippen molar-refractivity contribution < 1.29 is 9.47 Å². The van der Waals surface area contributed by atoms with E-state index in [9.17, 15) is 0 Å². The summed E-state index contributed by atoms with van der Waals surface area (Å²) in [6.45, 7) is 7.04. The van der Waals surface area contributed by atoms with Crippen LogP contribution in [0.2, 0.25) is 0 Å². The monoisotopic (exact) mass is 278 g/mol. The molecule has 1 fully saturated rings. The molecule has 0 bridgehead atoms. The Kier molecular flexibility index (Phi) is 5.12. The van der Waals surface area contributed by atoms with Gasteiger partial charge >= 0.3 is 0 Å². The van der Waals surface area contributed by atoms with E-state index in [4.69, 9.17) is 15.2 Å². The summed E-state index contributed by atoms with van der Waals surface area (Å²) in [5.41, 5.74) is 7.87. The van der Waals surface area contributed by atoms with Gasteiger partial charge in [-0.25, -0.2) is 0 Å². The molecule has 0 unspecified atom stereocenters. The third-order valence-electron chi connectivity index (χ3n) is 3.74. The van der Waals surface area contributed by atoms with Gasteiger partial charge in [-0.1, -0.05) is 0 Å². The average molecular weight is 278 g/mol. The predicted octanol–water partition coefficient (Wildman–Crippen LogP) is 2.92. The highest BCUT2D eigenvalue weighted by Crippen LogP contribution is 2.31. The van der Waals surface area contributed by atoms with Crippen molar-refractivity contribution in [1.29, 1.82) is 0 Å². The average Bonchev–Trinajstić information content (AvgIpc) is 2.42. The molecular weight excluding hydrogens is 252 g/mol. The SMILES string of the molecule is COCC1CCN(c2ccc(N)c(OC(C)C)c2)CC1. The van der Waals surface area contributed by atoms with E-state index in [1.807, 2.05) is 19.9 Å². The van der Waals surface area contributed by atoms with Gasteiger partial charge in [0.2, 0.25) is 0 Å². The molecule has 1 aliphatic heterocycles. The molecule has 0 aliphatic carbocycles. The number of nitrogens with zero attached hydrogens (tertiary/aromatic N) is 1. The van der Waals surface area contributed by atoms with Crippen LogP contribution in [-0.4, -0.2) is 32.9 Å². The number of rotatable bonds is 5. The molecule has 112 valence electrons. The zero-order chi connectivity index (χ0) is 14.5. The summed E-state index contributed by atoms with van der Waals surface area (Å²) in [5, 5.41) is 0. The van der Waals surface area contributed by atoms with E-state index in [0.29, 0.717) is 11.6 Å². The maximum atomic E-state index is 5.97. The Morgan fingerprint density at radius 3 is 2.60 bits per heavy atom. The van der Waals surface area contributed by atoms with Crippen LogP contribution in [0.4, 0.5) is 11.4 Å². The Balaban J connectivity index is 2.02. The lowest BCUT2D eigenvalue weighted by molar-refractivity contribution is 0.139. The van der Waals surface area contributed by atoms with E-state index in [1.54, 1.807) is 7.11 Å². The number of methoxy groups -OCH3 is 1. The molecule has 0 aromatic heterocycles. The van der Waals surface area contributed by atoms with E-state index < -0.39 is 0 Å². The first-order valence-electron chi connectivity index (χ1n) is 7.40. The van der Waals surface area contributed by atoms with Crippen molar-refractivity contribution in [2.45, 2.75) is 32.8 Å². The minimum Gasteiger partial charge on any atom is -0.489 e. The molecule has 0 radical (unpaired) electrons. The van der Waals surface area contributed by atoms with Gasteiger partial charge in [0, 0.05) is 38.6 Å². The highest BCUT2D eigenvalue weighted by Gasteiger charge is 2.20. The van der Waals surface area contributed by atoms with Gasteiger partial charge in [-0.2, -0.15) is 0 Å². The number of anilines is 2. The minimum absolute atomic E-state index is 0.139. The van der Waals surface area contributed by atoms with Crippen molar-refractivity contribution >= 4 is 11.4 Å². The van der Waals surface area contributed by atoms with E-state index in [0.717, 1.165) is 25.4 Å². The van der Waals surface area contributed by atoms with Crippen molar-refractivity contribution in [2.75, 3.05) is 37.4 Å². The van der Waals surface area contributed by atoms with Crippen LogP contribution < -0.4 is 15.4 Å². The lowest BCUT2D eigenvalue weighted by atomic mass is 9.97. The molecule has 1 aromatic carbocycles. The number of nitrogens with two attached hydrogens (primary N) is 1. The minimum atomic E-state index is 0.139. The van der Waals surface area contributed by atoms with Crippen molar-refractivity contribution in [3.63, 3.8) is 0 Å². The van der Waals surface area contributed by atoms with Crippen molar-refractivity contribution in [3.8, 4) is 5.75 Å². The molecule has 2 rings (SSSR count). The molecule has 2 N–H and O–H groups in total. The molecule has 1 aliphatic rings. The maximum Gasteiger partial charge on any atom is 0.144 e. The lowest BCUT2D eigenvalue weighted by Crippen LogP contribution is -2.35. The first-order valence-corrected chi connectivity index (χ1v) is 7.40. The molecule has 1 saturated heterocycles. The zero-order valence-electron chi connectivity index (χ0n) is 12.8. The summed E-state index contributed by atoms with van der Waals surface area (Å²) >= 11 is 0. The van der Waals surface area contributed by atoms with Crippen LogP contribution in [0.5, 0.6) is 5.75 Å². The molecule has 4 nitrogen and oxygen atoms in total. The second-order valence-corrected chi connectivity index (χ2v) is 5.77. The van der Waals surface area contributed by atoms with Gasteiger partial charge in [0.1, 0.15) is 5.75 Å². The van der Waals surface area contributed by atoms with E-state index >= 15 is 0 Å². The smallest absolute Gasteiger partial charge is 0.144 e. The number of hydrogen-bond acceptors (Lipinski definition) is 4. The van der Waals surface area contributed by atoms with Crippen molar-refractivity contribution in [2.24, 2.45) is 5.92 Å². The third kappa shape index (κ3) is 3.79. The fourth-order valence-electron chi connectivity index (χ4n) is 2.67. The van der Waals surface area contributed by atoms with Crippen LogP contribution in [0.1, 0.15) is 26.7 Å². The number of benzene rings is 1. The number of hydrogen-bond donors (Lipinski definition) is 1. The van der Waals surface area contributed by atoms with Crippen LogP contribution in [0, 0.1) is 5.92 Å². The van der Waals surface area contributed by atoms with Crippen molar-refractivity contribution in [1.82, 2.24) is 0 Å². The van der Waals surface area contributed by atoms with Crippen LogP contribution in [0.25, 0.3) is 0 Å². The summed E-state index contributed by atoms with van der Waals surface area (Å²) in [7, 11) is 1.78. The summed E-state index contributed by atoms with van der Waals surface area (Å²) < 4.78 is 11.0. The van der Waals surface area contributed by atoms with Gasteiger partial charge in [0.15, 0.2) is 0 Å². The second kappa shape index (κ2) is 6.84. The van der Waals surface area contributed by atoms with Gasteiger partial charge in [-0.3, -0.25) is 0 Å². The lowest BCUT2D eigenvalue weighted by Gasteiger charge is -2.33. The van der Waals surface area contributed by atoms with E-state index in [1.165, 1.54) is 18.5 Å². The van der Waals surface area contributed by atoms with E-state index in [2.05, 4.69) is 17.0 Å². The van der Waals surface area contributed by atoms with Crippen LogP contribution in [0.3, 0.4) is 0 Å². The Bertz CT molecular complexity index is 426. The normalized spacial score (nSPS) is 16.7. The van der Waals surface area contributed by atoms with Crippen LogP contribution in [-0.2, 0) is 4.74 Å². The number of ether oxygens (including phenoxy) is 2. The van der Waals surface area contributed by atoms with Gasteiger partial charge in [-0.05, 0) is 44.7 Å². The summed E-state index contributed by atoms with van der Waals surface area (Å²) in [6.07, 6.45) is 2.50. The molecule has 1 aromatic rings. The number of nitrogen functional groups attached to an aromatic ring is 1. The standard InChI is InChI=1S/C16H26N2O2/c1-12(2)20-16-10-14(4-5-15(16)17)18-8-6-13(7-9-18)11-19-3/h4-5,10,12-13H,6-9,11,17H2,1-3H3. The molecule has 20 heavy (non-hydrogen) atoms. The molecular formula is C16H26N2O2. The topological polar surface area (TPSA) is 47.7 Å². The molecule has 0 amide bonds. The Labute approximate surface area is 121 Å². The van der Waals surface area contributed by atoms with Gasteiger partial charge in [0.25, 0.3) is 0 Å². The third-order valence-corrected chi connectivity index (χ3v) is 3.74. The summed E-state index contributed by atoms with van der Waals surface area (Å²) in [6, 6.07) is 6.08. The Hall–Kier alpha value is -1.42. The zero-order valence-corrected chi connectivity index (χ0v) is 12.8. The molecule has 0 atom stereocenters. The highest BCUT2D eigenvalue weighted by molar-refractivity contribution is 5.62. The fourth-order valence-corrected chi connectivity index (χ4v) is 2.67. The molecule has 4 heteroatoms. The van der Waals surface area contributed by atoms with Gasteiger partial charge in [-0.15, -0.1) is 0 Å². The Morgan fingerprint density at radius 1 is 1.30 bits per heavy atom. The summed E-state index contributed by atoms with van der Waals surface area (Å²) in [4.78, 5) is 2.40. The first kappa shape index (κ1) is 15.0. The highest BCUT2D eigenvalue weighted by atomic mass is 16.5. The quantitative estimate of drug-likeness (QED) is 0.841. The maximum absolute atomic E-state index is 5.97. The molecule has 0 spiro atoms. The first-order chi connectivity index (χ1) is 9.60. The number of piperidine rings is 1. The van der Waals surface area contributed by atoms with E-state index in [-0.39, 0.29) is 6.10 Å². The Morgan fingerprint density at radius 2 is 2.00 bits per heavy atom. The van der Waals surface area contributed by atoms with Gasteiger partial charge in [0.05, 0.1) is 11.8 Å². The van der Waals surface area contributed by atoms with Crippen LogP contribution >= 0.6 is 0 Å². The van der Waals surface area contributed by atoms with Crippen molar-refractivity contribution in [3.05, 3.63) is 18.2 Å². The second-order valence-electron chi connectivity index (χ2n) is 5.77. The van der Waals surface area contributed by atoms with Crippen LogP contribution in [0.15, 0.2) is 18.2 Å². The largest absolute Gasteiger partial charge is 0.489 e. The summed E-state index contributed by atoms with van der Waals surface area (Å²) in [5.74, 6) is 1.48. The fraction of sp³-hybridized carbons (Fsp3) is 0.625. The molecule has 1 heterocycles. The van der Waals surface area contributed by atoms with Gasteiger partial charge < -0.3 is 20.1 Å². The molecule has 0 saturated carbocycles. The predicted molar refractivity (Wildman–Crippen MR) is 83.4 cm³/mol.